The van der Waals surface area contributed by atoms with E-state index >= 15 is 0 Å². The summed E-state index contributed by atoms with van der Waals surface area (Å²) in [6.07, 6.45) is 8.22. The molecule has 2 aromatic heterocycles. The maximum atomic E-state index is 5.44. The van der Waals surface area contributed by atoms with Crippen molar-refractivity contribution in [2.24, 2.45) is 0 Å². The molecule has 6 nitrogen and oxygen atoms in total. The van der Waals surface area contributed by atoms with Crippen LogP contribution in [-0.4, -0.2) is 39.2 Å². The zero-order valence-electron chi connectivity index (χ0n) is 12.6. The first-order valence-electron chi connectivity index (χ1n) is 8.07. The molecular weight excluding hydrogens is 278 g/mol. The van der Waals surface area contributed by atoms with Gasteiger partial charge in [0, 0.05) is 37.3 Å². The zero-order chi connectivity index (χ0) is 14.8. The van der Waals surface area contributed by atoms with E-state index in [0.29, 0.717) is 12.0 Å². The summed E-state index contributed by atoms with van der Waals surface area (Å²) in [5, 5.41) is 7.72. The first kappa shape index (κ1) is 13.7. The summed E-state index contributed by atoms with van der Waals surface area (Å²) >= 11 is 0. The SMILES string of the molecule is c1cc(NC2CCCN(Cc3cc(C4CC4)on3)C2)ncn1. The van der Waals surface area contributed by atoms with Crippen LogP contribution >= 0.6 is 0 Å². The van der Waals surface area contributed by atoms with E-state index in [1.165, 1.54) is 25.7 Å². The van der Waals surface area contributed by atoms with Crippen molar-refractivity contribution in [3.05, 3.63) is 36.1 Å². The van der Waals surface area contributed by atoms with E-state index in [1.807, 2.05) is 6.07 Å². The molecule has 0 aromatic carbocycles. The second-order valence-electron chi connectivity index (χ2n) is 6.31. The van der Waals surface area contributed by atoms with Gasteiger partial charge < -0.3 is 9.84 Å². The van der Waals surface area contributed by atoms with Crippen molar-refractivity contribution in [1.29, 1.82) is 0 Å². The van der Waals surface area contributed by atoms with E-state index in [4.69, 9.17) is 4.52 Å². The minimum absolute atomic E-state index is 0.429. The van der Waals surface area contributed by atoms with Gasteiger partial charge in [-0.05, 0) is 38.3 Å². The Morgan fingerprint density at radius 3 is 3.09 bits per heavy atom. The molecule has 4 rings (SSSR count). The van der Waals surface area contributed by atoms with Gasteiger partial charge in [0.1, 0.15) is 17.9 Å². The lowest BCUT2D eigenvalue weighted by molar-refractivity contribution is 0.203. The van der Waals surface area contributed by atoms with E-state index in [1.54, 1.807) is 12.5 Å². The van der Waals surface area contributed by atoms with Crippen molar-refractivity contribution in [3.8, 4) is 0 Å². The number of aromatic nitrogens is 3. The minimum Gasteiger partial charge on any atom is -0.366 e. The second kappa shape index (κ2) is 6.04. The van der Waals surface area contributed by atoms with Crippen molar-refractivity contribution in [2.45, 2.75) is 44.2 Å². The third-order valence-corrected chi connectivity index (χ3v) is 4.38. The Balaban J connectivity index is 1.34. The molecule has 1 saturated heterocycles. The first-order valence-corrected chi connectivity index (χ1v) is 8.07. The van der Waals surface area contributed by atoms with Crippen LogP contribution in [0.2, 0.25) is 0 Å². The van der Waals surface area contributed by atoms with Crippen LogP contribution in [0, 0.1) is 0 Å². The summed E-state index contributed by atoms with van der Waals surface area (Å²) in [4.78, 5) is 10.6. The number of piperidine rings is 1. The number of nitrogens with one attached hydrogen (secondary N) is 1. The molecule has 1 aliphatic heterocycles. The van der Waals surface area contributed by atoms with Gasteiger partial charge in [-0.2, -0.15) is 0 Å². The average Bonchev–Trinajstić information content (AvgIpc) is 3.29. The van der Waals surface area contributed by atoms with Gasteiger partial charge in [0.15, 0.2) is 0 Å². The lowest BCUT2D eigenvalue weighted by Gasteiger charge is -2.32. The molecule has 116 valence electrons. The Morgan fingerprint density at radius 2 is 2.27 bits per heavy atom. The molecule has 2 fully saturated rings. The first-order chi connectivity index (χ1) is 10.9. The highest BCUT2D eigenvalue weighted by atomic mass is 16.5. The third kappa shape index (κ3) is 3.27. The standard InChI is InChI=1S/C16H21N5O/c1-2-13(19-16-5-6-17-11-18-16)9-21(7-1)10-14-8-15(22-20-14)12-3-4-12/h5-6,8,11-13H,1-4,7,9-10H2,(H,17,18,19). The normalized spacial score (nSPS) is 22.6. The van der Waals surface area contributed by atoms with Crippen LogP contribution < -0.4 is 5.32 Å². The summed E-state index contributed by atoms with van der Waals surface area (Å²) in [6.45, 7) is 3.00. The molecule has 0 spiro atoms. The number of likely N-dealkylation sites (tertiary alicyclic amines) is 1. The number of hydrogen-bond donors (Lipinski definition) is 1. The smallest absolute Gasteiger partial charge is 0.140 e. The Kier molecular flexibility index (Phi) is 3.76. The molecule has 22 heavy (non-hydrogen) atoms. The number of anilines is 1. The minimum atomic E-state index is 0.429. The lowest BCUT2D eigenvalue weighted by Crippen LogP contribution is -2.41. The Morgan fingerprint density at radius 1 is 1.32 bits per heavy atom. The Labute approximate surface area is 129 Å². The zero-order valence-corrected chi connectivity index (χ0v) is 12.6. The monoisotopic (exact) mass is 299 g/mol. The second-order valence-corrected chi connectivity index (χ2v) is 6.31. The Hall–Kier alpha value is -1.95. The van der Waals surface area contributed by atoms with Crippen LogP contribution in [-0.2, 0) is 6.54 Å². The van der Waals surface area contributed by atoms with Gasteiger partial charge in [-0.25, -0.2) is 9.97 Å². The molecule has 1 atom stereocenters. The van der Waals surface area contributed by atoms with E-state index in [2.05, 4.69) is 31.4 Å². The summed E-state index contributed by atoms with van der Waals surface area (Å²) < 4.78 is 5.44. The van der Waals surface area contributed by atoms with E-state index in [9.17, 15) is 0 Å². The van der Waals surface area contributed by atoms with E-state index < -0.39 is 0 Å². The van der Waals surface area contributed by atoms with Gasteiger partial charge >= 0.3 is 0 Å². The number of nitrogens with zero attached hydrogens (tertiary/aromatic N) is 4. The molecule has 0 amide bonds. The highest BCUT2D eigenvalue weighted by molar-refractivity contribution is 5.33. The van der Waals surface area contributed by atoms with Gasteiger partial charge in [0.2, 0.25) is 0 Å². The van der Waals surface area contributed by atoms with Crippen molar-refractivity contribution in [1.82, 2.24) is 20.0 Å². The molecule has 1 aliphatic carbocycles. The van der Waals surface area contributed by atoms with E-state index in [-0.39, 0.29) is 0 Å². The van der Waals surface area contributed by atoms with Crippen LogP contribution in [0.4, 0.5) is 5.82 Å². The van der Waals surface area contributed by atoms with Crippen LogP contribution in [0.5, 0.6) is 0 Å². The molecule has 0 radical (unpaired) electrons. The van der Waals surface area contributed by atoms with Crippen LogP contribution in [0.25, 0.3) is 0 Å². The van der Waals surface area contributed by atoms with Crippen LogP contribution in [0.1, 0.15) is 43.1 Å². The van der Waals surface area contributed by atoms with Gasteiger partial charge in [-0.3, -0.25) is 4.90 Å². The summed E-state index contributed by atoms with van der Waals surface area (Å²) in [7, 11) is 0. The van der Waals surface area contributed by atoms with Gasteiger partial charge in [0.25, 0.3) is 0 Å². The van der Waals surface area contributed by atoms with Gasteiger partial charge in [-0.1, -0.05) is 5.16 Å². The largest absolute Gasteiger partial charge is 0.366 e. The topological polar surface area (TPSA) is 67.1 Å². The Bertz CT molecular complexity index is 610. The van der Waals surface area contributed by atoms with Crippen molar-refractivity contribution >= 4 is 5.82 Å². The summed E-state index contributed by atoms with van der Waals surface area (Å²) in [5.74, 6) is 2.61. The molecule has 1 N–H and O–H groups in total. The number of rotatable bonds is 5. The van der Waals surface area contributed by atoms with Crippen LogP contribution in [0.3, 0.4) is 0 Å². The molecule has 0 bridgehead atoms. The fourth-order valence-corrected chi connectivity index (χ4v) is 3.09. The van der Waals surface area contributed by atoms with Crippen LogP contribution in [0.15, 0.2) is 29.2 Å². The molecule has 1 saturated carbocycles. The van der Waals surface area contributed by atoms with Crippen molar-refractivity contribution in [3.63, 3.8) is 0 Å². The highest BCUT2D eigenvalue weighted by Crippen LogP contribution is 2.40. The fraction of sp³-hybridized carbons (Fsp3) is 0.562. The fourth-order valence-electron chi connectivity index (χ4n) is 3.09. The maximum absolute atomic E-state index is 5.44. The average molecular weight is 299 g/mol. The van der Waals surface area contributed by atoms with Gasteiger partial charge in [-0.15, -0.1) is 0 Å². The summed E-state index contributed by atoms with van der Waals surface area (Å²) in [5.41, 5.74) is 1.06. The summed E-state index contributed by atoms with van der Waals surface area (Å²) in [6, 6.07) is 4.48. The lowest BCUT2D eigenvalue weighted by atomic mass is 10.1. The molecule has 2 aromatic rings. The molecule has 3 heterocycles. The van der Waals surface area contributed by atoms with Gasteiger partial charge in [0.05, 0.1) is 5.69 Å². The predicted molar refractivity (Wildman–Crippen MR) is 82.4 cm³/mol. The molecule has 6 heteroatoms. The highest BCUT2D eigenvalue weighted by Gasteiger charge is 2.28. The molecular formula is C16H21N5O. The maximum Gasteiger partial charge on any atom is 0.140 e. The molecule has 2 aliphatic rings. The molecule has 1 unspecified atom stereocenters. The third-order valence-electron chi connectivity index (χ3n) is 4.38. The predicted octanol–water partition coefficient (Wildman–Crippen LogP) is 2.42. The van der Waals surface area contributed by atoms with Crippen molar-refractivity contribution < 1.29 is 4.52 Å². The van der Waals surface area contributed by atoms with E-state index in [0.717, 1.165) is 36.9 Å². The number of hydrogen-bond acceptors (Lipinski definition) is 6. The van der Waals surface area contributed by atoms with Crippen molar-refractivity contribution in [2.75, 3.05) is 18.4 Å². The quantitative estimate of drug-likeness (QED) is 0.914.